The van der Waals surface area contributed by atoms with E-state index in [1.54, 1.807) is 30.5 Å². The van der Waals surface area contributed by atoms with E-state index < -0.39 is 0 Å². The van der Waals surface area contributed by atoms with Crippen LogP contribution in [0, 0.1) is 18.3 Å². The quantitative estimate of drug-likeness (QED) is 0.383. The Morgan fingerprint density at radius 3 is 2.62 bits per heavy atom. The fraction of sp³-hybridized carbons (Fsp3) is 0.143. The predicted octanol–water partition coefficient (Wildman–Crippen LogP) is 3.15. The summed E-state index contributed by atoms with van der Waals surface area (Å²) in [5.41, 5.74) is 10.6. The molecule has 0 aliphatic heterocycles. The summed E-state index contributed by atoms with van der Waals surface area (Å²) in [6.45, 7) is 5.99. The molecule has 0 fully saturated rings. The molecule has 0 aliphatic rings. The van der Waals surface area contributed by atoms with E-state index in [1.807, 2.05) is 41.9 Å². The number of nitriles is 1. The van der Waals surface area contributed by atoms with Gasteiger partial charge in [-0.3, -0.25) is 9.67 Å². The maximum atomic E-state index is 9.99. The molecular weight excluding hydrogens is 366 g/mol. The van der Waals surface area contributed by atoms with Crippen molar-refractivity contribution >= 4 is 24.6 Å². The zero-order valence-electron chi connectivity index (χ0n) is 16.2. The van der Waals surface area contributed by atoms with Crippen molar-refractivity contribution in [2.75, 3.05) is 17.8 Å². The molecule has 0 radical (unpaired) electrons. The number of nitrogen functional groups attached to an aromatic ring is 1. The molecule has 8 nitrogen and oxygen atoms in total. The number of benzene rings is 2. The monoisotopic (exact) mass is 387 g/mol. The van der Waals surface area contributed by atoms with Gasteiger partial charge in [-0.15, -0.1) is 0 Å². The lowest BCUT2D eigenvalue weighted by atomic mass is 10.0. The maximum Gasteiger partial charge on any atom is 0.153 e. The lowest BCUT2D eigenvalue weighted by Gasteiger charge is -2.13. The van der Waals surface area contributed by atoms with Gasteiger partial charge in [0.2, 0.25) is 0 Å². The molecule has 0 aliphatic carbocycles. The number of aromatic nitrogens is 2. The van der Waals surface area contributed by atoms with Crippen LogP contribution < -0.4 is 10.7 Å². The number of hydrogen-bond donors (Lipinski definition) is 2. The Balaban J connectivity index is 1.88. The normalized spacial score (nSPS) is 10.8. The van der Waals surface area contributed by atoms with Gasteiger partial charge in [0.15, 0.2) is 5.82 Å². The number of phenols is 1. The molecule has 0 unspecified atom stereocenters. The molecule has 0 saturated carbocycles. The molecule has 0 bridgehead atoms. The minimum Gasteiger partial charge on any atom is -0.507 e. The number of anilines is 2. The van der Waals surface area contributed by atoms with Crippen molar-refractivity contribution in [2.24, 2.45) is 10.1 Å². The van der Waals surface area contributed by atoms with Crippen LogP contribution in [-0.4, -0.2) is 35.0 Å². The van der Waals surface area contributed by atoms with E-state index in [9.17, 15) is 5.11 Å². The third-order valence-electron chi connectivity index (χ3n) is 4.55. The van der Waals surface area contributed by atoms with Crippen molar-refractivity contribution < 1.29 is 5.11 Å². The number of hydrogen-bond acceptors (Lipinski definition) is 6. The molecule has 3 aromatic rings. The minimum absolute atomic E-state index is 0.0804. The first-order valence-corrected chi connectivity index (χ1v) is 8.82. The highest BCUT2D eigenvalue weighted by Gasteiger charge is 2.16. The fourth-order valence-electron chi connectivity index (χ4n) is 3.08. The lowest BCUT2D eigenvalue weighted by Crippen LogP contribution is -2.12. The molecule has 29 heavy (non-hydrogen) atoms. The number of phenolic OH excluding ortho intramolecular Hbond substituents is 1. The van der Waals surface area contributed by atoms with E-state index >= 15 is 0 Å². The fourth-order valence-corrected chi connectivity index (χ4v) is 3.08. The molecule has 1 aromatic heterocycles. The molecule has 146 valence electrons. The molecule has 2 aromatic carbocycles. The summed E-state index contributed by atoms with van der Waals surface area (Å²) in [6, 6.07) is 14.6. The minimum atomic E-state index is -0.0804. The summed E-state index contributed by atoms with van der Waals surface area (Å²) in [5, 5.41) is 28.9. The standard InChI is InChI=1S/C21H21N7O/c1-14-20(16-6-7-17(11-22)19(29)10-16)21(23)26-27(14)12-15-4-8-18(9-5-15)28(25-3)13-24-2/h4-10,13,29H,3,12H2,1-2H3,(H2,23,26). The van der Waals surface area contributed by atoms with Crippen molar-refractivity contribution in [1.82, 2.24) is 9.78 Å². The van der Waals surface area contributed by atoms with Gasteiger partial charge in [0.1, 0.15) is 18.2 Å². The Morgan fingerprint density at radius 1 is 1.31 bits per heavy atom. The Morgan fingerprint density at radius 2 is 2.03 bits per heavy atom. The smallest absolute Gasteiger partial charge is 0.153 e. The summed E-state index contributed by atoms with van der Waals surface area (Å²) in [5.74, 6) is 0.285. The van der Waals surface area contributed by atoms with Crippen molar-refractivity contribution in [3.8, 4) is 22.9 Å². The number of nitrogens with two attached hydrogens (primary N) is 1. The Hall–Kier alpha value is -4.12. The molecular formula is C21H21N7O. The molecule has 0 atom stereocenters. The third kappa shape index (κ3) is 3.94. The highest BCUT2D eigenvalue weighted by atomic mass is 16.3. The van der Waals surface area contributed by atoms with Crippen LogP contribution in [-0.2, 0) is 6.54 Å². The van der Waals surface area contributed by atoms with E-state index in [-0.39, 0.29) is 11.3 Å². The number of rotatable bonds is 6. The second-order valence-electron chi connectivity index (χ2n) is 6.37. The third-order valence-corrected chi connectivity index (χ3v) is 4.55. The summed E-state index contributed by atoms with van der Waals surface area (Å²) >= 11 is 0. The van der Waals surface area contributed by atoms with Gasteiger partial charge in [0.25, 0.3) is 0 Å². The topological polar surface area (TPSA) is 116 Å². The van der Waals surface area contributed by atoms with Gasteiger partial charge >= 0.3 is 0 Å². The van der Waals surface area contributed by atoms with E-state index in [0.717, 1.165) is 22.5 Å². The largest absolute Gasteiger partial charge is 0.507 e. The van der Waals surface area contributed by atoms with Crippen LogP contribution in [0.5, 0.6) is 5.75 Å². The van der Waals surface area contributed by atoms with Crippen LogP contribution >= 0.6 is 0 Å². The number of nitrogens with zero attached hydrogens (tertiary/aromatic N) is 6. The average molecular weight is 387 g/mol. The number of aliphatic imine (C=N–C) groups is 1. The molecule has 0 amide bonds. The van der Waals surface area contributed by atoms with E-state index in [2.05, 4.69) is 21.9 Å². The van der Waals surface area contributed by atoms with Gasteiger partial charge in [-0.25, -0.2) is 5.01 Å². The van der Waals surface area contributed by atoms with Crippen LogP contribution in [0.3, 0.4) is 0 Å². The second kappa shape index (κ2) is 8.27. The maximum absolute atomic E-state index is 9.99. The molecule has 3 N–H and O–H groups in total. The van der Waals surface area contributed by atoms with Gasteiger partial charge < -0.3 is 10.8 Å². The van der Waals surface area contributed by atoms with Crippen molar-refractivity contribution in [2.45, 2.75) is 13.5 Å². The van der Waals surface area contributed by atoms with Crippen molar-refractivity contribution in [3.05, 3.63) is 59.3 Å². The van der Waals surface area contributed by atoms with Crippen LogP contribution in [0.2, 0.25) is 0 Å². The Labute approximate surface area is 168 Å². The molecule has 3 rings (SSSR count). The second-order valence-corrected chi connectivity index (χ2v) is 6.37. The number of aromatic hydroxyl groups is 1. The SMILES string of the molecule is C=NN(C=NC)c1ccc(Cn2nc(N)c(-c3ccc(C#N)c(O)c3)c2C)cc1. The first kappa shape index (κ1) is 19.6. The highest BCUT2D eigenvalue weighted by molar-refractivity contribution is 5.79. The van der Waals surface area contributed by atoms with Gasteiger partial charge in [-0.05, 0) is 42.3 Å². The zero-order valence-corrected chi connectivity index (χ0v) is 16.2. The zero-order chi connectivity index (χ0) is 21.0. The Kier molecular flexibility index (Phi) is 5.60. The molecule has 0 spiro atoms. The Bertz CT molecular complexity index is 1110. The van der Waals surface area contributed by atoms with Crippen LogP contribution in [0.4, 0.5) is 11.5 Å². The molecule has 8 heteroatoms. The van der Waals surface area contributed by atoms with E-state index in [0.29, 0.717) is 17.9 Å². The van der Waals surface area contributed by atoms with Gasteiger partial charge in [-0.2, -0.15) is 15.5 Å². The van der Waals surface area contributed by atoms with Crippen LogP contribution in [0.1, 0.15) is 16.8 Å². The first-order valence-electron chi connectivity index (χ1n) is 8.82. The lowest BCUT2D eigenvalue weighted by molar-refractivity contribution is 0.474. The van der Waals surface area contributed by atoms with E-state index in [1.165, 1.54) is 6.07 Å². The molecule has 1 heterocycles. The number of hydrazone groups is 1. The van der Waals surface area contributed by atoms with Crippen molar-refractivity contribution in [3.63, 3.8) is 0 Å². The van der Waals surface area contributed by atoms with Gasteiger partial charge in [0.05, 0.1) is 17.8 Å². The van der Waals surface area contributed by atoms with E-state index in [4.69, 9.17) is 11.0 Å². The highest BCUT2D eigenvalue weighted by Crippen LogP contribution is 2.32. The van der Waals surface area contributed by atoms with Crippen molar-refractivity contribution in [1.29, 1.82) is 5.26 Å². The van der Waals surface area contributed by atoms with Crippen LogP contribution in [0.15, 0.2) is 52.6 Å². The summed E-state index contributed by atoms with van der Waals surface area (Å²) in [4.78, 5) is 3.95. The summed E-state index contributed by atoms with van der Waals surface area (Å²) in [7, 11) is 1.67. The molecule has 0 saturated heterocycles. The predicted molar refractivity (Wildman–Crippen MR) is 115 cm³/mol. The summed E-state index contributed by atoms with van der Waals surface area (Å²) < 4.78 is 1.81. The first-order chi connectivity index (χ1) is 14.0. The van der Waals surface area contributed by atoms with Crippen LogP contribution in [0.25, 0.3) is 11.1 Å². The summed E-state index contributed by atoms with van der Waals surface area (Å²) in [6.07, 6.45) is 1.58. The van der Waals surface area contributed by atoms with Gasteiger partial charge in [0, 0.05) is 25.0 Å². The average Bonchev–Trinajstić information content (AvgIpc) is 2.99. The van der Waals surface area contributed by atoms with Gasteiger partial charge in [-0.1, -0.05) is 18.2 Å².